The van der Waals surface area contributed by atoms with Crippen molar-refractivity contribution in [1.29, 1.82) is 0 Å². The Labute approximate surface area is 209 Å². The molecule has 4 rings (SSSR count). The second kappa shape index (κ2) is 11.1. The molecule has 1 saturated heterocycles. The van der Waals surface area contributed by atoms with Crippen LogP contribution < -0.4 is 5.32 Å². The van der Waals surface area contributed by atoms with Gasteiger partial charge in [0.1, 0.15) is 12.1 Å². The quantitative estimate of drug-likeness (QED) is 0.480. The third kappa shape index (κ3) is 5.95. The molecule has 8 heteroatoms. The van der Waals surface area contributed by atoms with Crippen LogP contribution in [0.3, 0.4) is 0 Å². The Balaban J connectivity index is 1.44. The summed E-state index contributed by atoms with van der Waals surface area (Å²) in [6.45, 7) is 4.04. The fourth-order valence-corrected chi connectivity index (χ4v) is 4.48. The van der Waals surface area contributed by atoms with Gasteiger partial charge in [-0.25, -0.2) is 9.18 Å². The van der Waals surface area contributed by atoms with Gasteiger partial charge in [0.15, 0.2) is 0 Å². The van der Waals surface area contributed by atoms with Crippen molar-refractivity contribution in [2.24, 2.45) is 0 Å². The number of aldehydes is 1. The predicted molar refractivity (Wildman–Crippen MR) is 134 cm³/mol. The molecule has 3 aromatic carbocycles. The molecule has 0 radical (unpaired) electrons. The van der Waals surface area contributed by atoms with E-state index in [2.05, 4.69) is 10.2 Å². The topological polar surface area (TPSA) is 90.0 Å². The Morgan fingerprint density at radius 3 is 2.58 bits per heavy atom. The summed E-state index contributed by atoms with van der Waals surface area (Å²) in [4.78, 5) is 38.2. The van der Waals surface area contributed by atoms with Crippen LogP contribution in [0.4, 0.5) is 9.18 Å². The number of carboxylic acid groups (broad SMARTS) is 1. The molecule has 186 valence electrons. The number of hydrogen-bond donors (Lipinski definition) is 2. The number of nitrogens with one attached hydrogen (secondary N) is 1. The van der Waals surface area contributed by atoms with Crippen molar-refractivity contribution < 1.29 is 23.9 Å². The van der Waals surface area contributed by atoms with Gasteiger partial charge in [-0.1, -0.05) is 36.4 Å². The number of carbonyl (C=O) groups is 3. The first kappa shape index (κ1) is 25.1. The summed E-state index contributed by atoms with van der Waals surface area (Å²) in [7, 11) is 0. The van der Waals surface area contributed by atoms with Gasteiger partial charge in [0.25, 0.3) is 5.91 Å². The van der Waals surface area contributed by atoms with Crippen molar-refractivity contribution >= 4 is 18.3 Å². The number of benzene rings is 3. The molecule has 1 atom stereocenters. The van der Waals surface area contributed by atoms with Gasteiger partial charge in [0, 0.05) is 55.5 Å². The number of hydrogen-bond acceptors (Lipinski definition) is 4. The van der Waals surface area contributed by atoms with Crippen molar-refractivity contribution in [3.05, 3.63) is 94.8 Å². The van der Waals surface area contributed by atoms with Crippen molar-refractivity contribution in [2.75, 3.05) is 19.6 Å². The SMILES string of the molecule is C[C@H]1CN(Cc2cc(-c3cccc(CNC(=O)c4cccc(C=O)c4)c3)ccc2F)CCN1C(=O)O. The Morgan fingerprint density at radius 1 is 1.06 bits per heavy atom. The highest BCUT2D eigenvalue weighted by atomic mass is 19.1. The molecule has 3 aromatic rings. The lowest BCUT2D eigenvalue weighted by Gasteiger charge is -2.38. The van der Waals surface area contributed by atoms with E-state index in [1.807, 2.05) is 37.3 Å². The largest absolute Gasteiger partial charge is 0.465 e. The monoisotopic (exact) mass is 489 g/mol. The zero-order valence-corrected chi connectivity index (χ0v) is 20.0. The van der Waals surface area contributed by atoms with E-state index in [4.69, 9.17) is 0 Å². The molecule has 0 bridgehead atoms. The van der Waals surface area contributed by atoms with E-state index >= 15 is 0 Å². The zero-order valence-electron chi connectivity index (χ0n) is 20.0. The molecule has 0 aliphatic carbocycles. The Morgan fingerprint density at radius 2 is 1.83 bits per heavy atom. The van der Waals surface area contributed by atoms with Crippen LogP contribution in [0, 0.1) is 5.82 Å². The molecule has 0 aromatic heterocycles. The molecule has 1 fully saturated rings. The maximum atomic E-state index is 14.6. The first-order valence-electron chi connectivity index (χ1n) is 11.8. The highest BCUT2D eigenvalue weighted by molar-refractivity contribution is 5.95. The average molecular weight is 490 g/mol. The fourth-order valence-electron chi connectivity index (χ4n) is 4.48. The van der Waals surface area contributed by atoms with Crippen LogP contribution in [0.25, 0.3) is 11.1 Å². The molecule has 0 saturated carbocycles. The van der Waals surface area contributed by atoms with Crippen LogP contribution in [0.5, 0.6) is 0 Å². The van der Waals surface area contributed by atoms with E-state index in [0.717, 1.165) is 16.7 Å². The summed E-state index contributed by atoms with van der Waals surface area (Å²) in [5, 5.41) is 12.1. The van der Waals surface area contributed by atoms with Gasteiger partial charge in [-0.05, 0) is 53.9 Å². The van der Waals surface area contributed by atoms with Gasteiger partial charge < -0.3 is 15.3 Å². The molecule has 1 aliphatic heterocycles. The van der Waals surface area contributed by atoms with Gasteiger partial charge in [0.05, 0.1) is 0 Å². The smallest absolute Gasteiger partial charge is 0.407 e. The number of nitrogens with zero attached hydrogens (tertiary/aromatic N) is 2. The molecular formula is C28H28FN3O4. The summed E-state index contributed by atoms with van der Waals surface area (Å²) < 4.78 is 14.6. The first-order valence-corrected chi connectivity index (χ1v) is 11.8. The zero-order chi connectivity index (χ0) is 25.7. The van der Waals surface area contributed by atoms with Crippen molar-refractivity contribution in [1.82, 2.24) is 15.1 Å². The molecule has 7 nitrogen and oxygen atoms in total. The van der Waals surface area contributed by atoms with E-state index in [1.165, 1.54) is 11.0 Å². The lowest BCUT2D eigenvalue weighted by atomic mass is 10.00. The number of amides is 2. The number of halogens is 1. The minimum Gasteiger partial charge on any atom is -0.465 e. The first-order chi connectivity index (χ1) is 17.3. The minimum absolute atomic E-state index is 0.157. The lowest BCUT2D eigenvalue weighted by molar-refractivity contribution is 0.0706. The van der Waals surface area contributed by atoms with E-state index in [-0.39, 0.29) is 17.8 Å². The average Bonchev–Trinajstić information content (AvgIpc) is 2.88. The van der Waals surface area contributed by atoms with Crippen molar-refractivity contribution in [2.45, 2.75) is 26.1 Å². The fraction of sp³-hybridized carbons (Fsp3) is 0.250. The maximum absolute atomic E-state index is 14.6. The van der Waals surface area contributed by atoms with E-state index in [1.54, 1.807) is 30.3 Å². The van der Waals surface area contributed by atoms with Crippen LogP contribution in [-0.2, 0) is 13.1 Å². The normalized spacial score (nSPS) is 15.9. The molecule has 1 heterocycles. The van der Waals surface area contributed by atoms with Crippen LogP contribution in [0.1, 0.15) is 38.8 Å². The maximum Gasteiger partial charge on any atom is 0.407 e. The Kier molecular flexibility index (Phi) is 7.75. The minimum atomic E-state index is -0.930. The number of rotatable bonds is 7. The second-order valence-electron chi connectivity index (χ2n) is 8.99. The van der Waals surface area contributed by atoms with Crippen LogP contribution >= 0.6 is 0 Å². The molecule has 1 aliphatic rings. The highest BCUT2D eigenvalue weighted by Gasteiger charge is 2.27. The van der Waals surface area contributed by atoms with E-state index in [9.17, 15) is 23.9 Å². The number of carbonyl (C=O) groups excluding carboxylic acids is 2. The van der Waals surface area contributed by atoms with Gasteiger partial charge in [-0.15, -0.1) is 0 Å². The molecule has 0 unspecified atom stereocenters. The molecular weight excluding hydrogens is 461 g/mol. The molecule has 36 heavy (non-hydrogen) atoms. The standard InChI is InChI=1S/C28H28FN3O4/c1-19-16-31(10-11-32(19)28(35)36)17-25-14-23(8-9-26(25)29)22-6-2-4-20(12-22)15-30-27(34)24-7-3-5-21(13-24)18-33/h2-9,12-14,18-19H,10-11,15-17H2,1H3,(H,30,34)(H,35,36)/t19-/m0/s1. The van der Waals surface area contributed by atoms with Gasteiger partial charge in [-0.3, -0.25) is 14.5 Å². The Bertz CT molecular complexity index is 1280. The predicted octanol–water partition coefficient (Wildman–Crippen LogP) is 4.42. The molecule has 2 N–H and O–H groups in total. The van der Waals surface area contributed by atoms with Crippen molar-refractivity contribution in [3.63, 3.8) is 0 Å². The molecule has 0 spiro atoms. The summed E-state index contributed by atoms with van der Waals surface area (Å²) >= 11 is 0. The highest BCUT2D eigenvalue weighted by Crippen LogP contribution is 2.25. The lowest BCUT2D eigenvalue weighted by Crippen LogP contribution is -2.53. The summed E-state index contributed by atoms with van der Waals surface area (Å²) in [5.74, 6) is -0.571. The summed E-state index contributed by atoms with van der Waals surface area (Å²) in [5.41, 5.74) is 4.05. The molecule has 2 amide bonds. The van der Waals surface area contributed by atoms with Gasteiger partial charge in [-0.2, -0.15) is 0 Å². The number of piperazine rings is 1. The summed E-state index contributed by atoms with van der Waals surface area (Å²) in [6, 6.07) is 19.0. The third-order valence-electron chi connectivity index (χ3n) is 6.40. The van der Waals surface area contributed by atoms with Gasteiger partial charge >= 0.3 is 6.09 Å². The van der Waals surface area contributed by atoms with Gasteiger partial charge in [0.2, 0.25) is 0 Å². The van der Waals surface area contributed by atoms with Crippen LogP contribution in [-0.4, -0.2) is 58.9 Å². The van der Waals surface area contributed by atoms with Crippen molar-refractivity contribution in [3.8, 4) is 11.1 Å². The third-order valence-corrected chi connectivity index (χ3v) is 6.40. The van der Waals surface area contributed by atoms with E-state index < -0.39 is 6.09 Å². The van der Waals surface area contributed by atoms with Crippen LogP contribution in [0.2, 0.25) is 0 Å². The second-order valence-corrected chi connectivity index (χ2v) is 8.99. The summed E-state index contributed by atoms with van der Waals surface area (Å²) in [6.07, 6.45) is -0.228. The van der Waals surface area contributed by atoms with E-state index in [0.29, 0.717) is 55.7 Å². The van der Waals surface area contributed by atoms with Crippen LogP contribution in [0.15, 0.2) is 66.7 Å². The Hall–Kier alpha value is -4.04.